The van der Waals surface area contributed by atoms with Crippen molar-refractivity contribution >= 4 is 34.8 Å². The van der Waals surface area contributed by atoms with E-state index in [1.165, 1.54) is 38.5 Å². The zero-order valence-corrected chi connectivity index (χ0v) is 33.2. The molecule has 12 heteroatoms. The molecule has 3 aliphatic heterocycles. The van der Waals surface area contributed by atoms with E-state index in [1.807, 2.05) is 66.6 Å². The van der Waals surface area contributed by atoms with Crippen LogP contribution < -0.4 is 10.6 Å². The van der Waals surface area contributed by atoms with Crippen molar-refractivity contribution in [3.8, 4) is 11.1 Å². The molecule has 55 heavy (non-hydrogen) atoms. The molecule has 4 aromatic rings. The van der Waals surface area contributed by atoms with Crippen molar-refractivity contribution in [1.82, 2.24) is 28.9 Å². The van der Waals surface area contributed by atoms with E-state index in [2.05, 4.69) is 20.4 Å². The highest BCUT2D eigenvalue weighted by Gasteiger charge is 2.44. The minimum absolute atomic E-state index is 0.247. The number of nitrogens with zero attached hydrogens (tertiary/aromatic N) is 6. The standard InChI is InChI=1S/C43H53ClN8O3/c1-27-30(6-4-8-32(27)47-41(53)39-46-35-26-52(20-13-37(35)50(39)3)29-14-22-55-23-15-29)31-7-5-9-33(38(31)44)48-42(54)40-45-34-25-51(19-12-36(34)49(40)2)21-18-43-16-10-28(24-43)11-17-43/h4-9,28-29H,10-26H2,1-3H3,(H,47,53)(H,48,54). The van der Waals surface area contributed by atoms with Gasteiger partial charge in [-0.2, -0.15) is 0 Å². The van der Waals surface area contributed by atoms with Gasteiger partial charge < -0.3 is 24.5 Å². The van der Waals surface area contributed by atoms with Crippen molar-refractivity contribution in [2.45, 2.75) is 90.3 Å². The third-order valence-electron chi connectivity index (χ3n) is 13.7. The predicted molar refractivity (Wildman–Crippen MR) is 215 cm³/mol. The Morgan fingerprint density at radius 1 is 0.836 bits per heavy atom. The van der Waals surface area contributed by atoms with Crippen molar-refractivity contribution in [1.29, 1.82) is 0 Å². The number of carbonyl (C=O) groups excluding carboxylic acids is 2. The summed E-state index contributed by atoms with van der Waals surface area (Å²) >= 11 is 7.06. The average Bonchev–Trinajstić information content (AvgIpc) is 3.98. The lowest BCUT2D eigenvalue weighted by Crippen LogP contribution is -2.42. The number of hydrogen-bond donors (Lipinski definition) is 2. The molecule has 9 rings (SSSR count). The van der Waals surface area contributed by atoms with Gasteiger partial charge in [0.05, 0.1) is 22.1 Å². The van der Waals surface area contributed by atoms with Crippen LogP contribution in [0.25, 0.3) is 11.1 Å². The molecule has 2 N–H and O–H groups in total. The van der Waals surface area contributed by atoms with Gasteiger partial charge in [-0.3, -0.25) is 19.4 Å². The molecule has 2 amide bonds. The number of carbonyl (C=O) groups is 2. The molecule has 2 aromatic heterocycles. The van der Waals surface area contributed by atoms with Crippen LogP contribution in [0.1, 0.15) is 101 Å². The molecule has 0 radical (unpaired) electrons. The van der Waals surface area contributed by atoms with Gasteiger partial charge in [0.15, 0.2) is 11.6 Å². The van der Waals surface area contributed by atoms with Crippen LogP contribution in [0.15, 0.2) is 36.4 Å². The number of nitrogens with one attached hydrogen (secondary N) is 2. The van der Waals surface area contributed by atoms with Crippen molar-refractivity contribution in [3.63, 3.8) is 0 Å². The normalized spacial score (nSPS) is 22.8. The number of aromatic nitrogens is 4. The molecule has 2 bridgehead atoms. The molecule has 1 saturated heterocycles. The maximum Gasteiger partial charge on any atom is 0.291 e. The van der Waals surface area contributed by atoms with Crippen LogP contribution in [-0.2, 0) is 44.8 Å². The molecule has 11 nitrogen and oxygen atoms in total. The Hall–Kier alpha value is -4.03. The Kier molecular flexibility index (Phi) is 9.85. The van der Waals surface area contributed by atoms with Gasteiger partial charge >= 0.3 is 0 Å². The summed E-state index contributed by atoms with van der Waals surface area (Å²) in [6.45, 7) is 8.19. The lowest BCUT2D eigenvalue weighted by Gasteiger charge is -2.36. The highest BCUT2D eigenvalue weighted by atomic mass is 35.5. The number of ether oxygens (including phenoxy) is 1. The van der Waals surface area contributed by atoms with Crippen LogP contribution in [0.5, 0.6) is 0 Å². The number of hydrogen-bond acceptors (Lipinski definition) is 7. The Morgan fingerprint density at radius 3 is 2.13 bits per heavy atom. The highest BCUT2D eigenvalue weighted by Crippen LogP contribution is 2.56. The largest absolute Gasteiger partial charge is 0.381 e. The first-order valence-corrected chi connectivity index (χ1v) is 20.7. The predicted octanol–water partition coefficient (Wildman–Crippen LogP) is 7.15. The quantitative estimate of drug-likeness (QED) is 0.186. The van der Waals surface area contributed by atoms with Crippen molar-refractivity contribution < 1.29 is 14.3 Å². The molecule has 0 spiro atoms. The summed E-state index contributed by atoms with van der Waals surface area (Å²) in [4.78, 5) is 42.2. The smallest absolute Gasteiger partial charge is 0.291 e. The number of amides is 2. The van der Waals surface area contributed by atoms with Crippen LogP contribution in [0.3, 0.4) is 0 Å². The minimum atomic E-state index is -0.282. The second kappa shape index (κ2) is 14.8. The van der Waals surface area contributed by atoms with Crippen LogP contribution in [0.4, 0.5) is 11.4 Å². The first-order valence-electron chi connectivity index (χ1n) is 20.3. The maximum atomic E-state index is 13.8. The summed E-state index contributed by atoms with van der Waals surface area (Å²) in [5.41, 5.74) is 8.51. The van der Waals surface area contributed by atoms with E-state index >= 15 is 0 Å². The Bertz CT molecular complexity index is 2130. The van der Waals surface area contributed by atoms with E-state index in [4.69, 9.17) is 26.3 Å². The molecule has 2 aliphatic carbocycles. The SMILES string of the molecule is Cc1c(NC(=O)c2nc3c(n2C)CCN(C2CCOCC2)C3)cccc1-c1cccc(NC(=O)c2nc3c(n2C)CCN(CCC24CCC(CC2)C4)C3)c1Cl. The van der Waals surface area contributed by atoms with Crippen LogP contribution in [0, 0.1) is 18.3 Å². The lowest BCUT2D eigenvalue weighted by molar-refractivity contribution is 0.0283. The summed E-state index contributed by atoms with van der Waals surface area (Å²) in [6.07, 6.45) is 12.2. The monoisotopic (exact) mass is 764 g/mol. The Balaban J connectivity index is 0.877. The summed E-state index contributed by atoms with van der Waals surface area (Å²) in [5.74, 6) is 1.25. The van der Waals surface area contributed by atoms with Gasteiger partial charge in [-0.05, 0) is 99.4 Å². The molecule has 290 valence electrons. The van der Waals surface area contributed by atoms with Crippen molar-refractivity contribution in [2.75, 3.05) is 43.5 Å². The number of halogens is 1. The summed E-state index contributed by atoms with van der Waals surface area (Å²) in [7, 11) is 3.87. The number of rotatable bonds is 9. The Morgan fingerprint density at radius 2 is 1.45 bits per heavy atom. The van der Waals surface area contributed by atoms with Gasteiger partial charge in [0, 0.05) is 95.0 Å². The number of imidazole rings is 2. The molecule has 0 unspecified atom stereocenters. The van der Waals surface area contributed by atoms with E-state index in [-0.39, 0.29) is 11.8 Å². The molecule has 3 fully saturated rings. The van der Waals surface area contributed by atoms with Crippen molar-refractivity contribution in [2.24, 2.45) is 25.4 Å². The van der Waals surface area contributed by atoms with E-state index < -0.39 is 0 Å². The van der Waals surface area contributed by atoms with Gasteiger partial charge in [0.25, 0.3) is 11.8 Å². The fraction of sp³-hybridized carbons (Fsp3) is 0.535. The third kappa shape index (κ3) is 6.91. The van der Waals surface area contributed by atoms with Crippen LogP contribution in [-0.4, -0.2) is 79.6 Å². The Labute approximate surface area is 328 Å². The minimum Gasteiger partial charge on any atom is -0.381 e. The zero-order valence-electron chi connectivity index (χ0n) is 32.4. The van der Waals surface area contributed by atoms with Crippen molar-refractivity contribution in [3.05, 3.63) is 81.4 Å². The van der Waals surface area contributed by atoms with E-state index in [1.54, 1.807) is 0 Å². The second-order valence-corrected chi connectivity index (χ2v) is 17.2. The van der Waals surface area contributed by atoms with E-state index in [0.717, 1.165) is 117 Å². The molecule has 0 atom stereocenters. The van der Waals surface area contributed by atoms with E-state index in [0.29, 0.717) is 39.5 Å². The van der Waals surface area contributed by atoms with Gasteiger partial charge in [-0.15, -0.1) is 0 Å². The van der Waals surface area contributed by atoms with E-state index in [9.17, 15) is 9.59 Å². The molecular formula is C43H53ClN8O3. The molecule has 2 saturated carbocycles. The van der Waals surface area contributed by atoms with Gasteiger partial charge in [-0.1, -0.05) is 35.9 Å². The molecule has 5 aliphatic rings. The maximum absolute atomic E-state index is 13.8. The lowest BCUT2D eigenvalue weighted by atomic mass is 9.81. The van der Waals surface area contributed by atoms with Gasteiger partial charge in [0.2, 0.25) is 0 Å². The topological polar surface area (TPSA) is 110 Å². The first-order chi connectivity index (χ1) is 26.7. The van der Waals surface area contributed by atoms with Crippen LogP contribution in [0.2, 0.25) is 5.02 Å². The molecule has 2 aromatic carbocycles. The molecule has 5 heterocycles. The second-order valence-electron chi connectivity index (χ2n) is 16.8. The van der Waals surface area contributed by atoms with Gasteiger partial charge in [0.1, 0.15) is 0 Å². The number of anilines is 2. The fourth-order valence-corrected chi connectivity index (χ4v) is 10.7. The zero-order chi connectivity index (χ0) is 37.8. The number of fused-ring (bicyclic) bond motifs is 4. The van der Waals surface area contributed by atoms with Gasteiger partial charge in [-0.25, -0.2) is 9.97 Å². The average molecular weight is 765 g/mol. The fourth-order valence-electron chi connectivity index (χ4n) is 10.4. The summed E-state index contributed by atoms with van der Waals surface area (Å²) in [5, 5.41) is 6.62. The molecular weight excluding hydrogens is 712 g/mol. The highest BCUT2D eigenvalue weighted by molar-refractivity contribution is 6.36. The number of benzene rings is 2. The third-order valence-corrected chi connectivity index (χ3v) is 14.1. The summed E-state index contributed by atoms with van der Waals surface area (Å²) in [6, 6.07) is 11.9. The first kappa shape index (κ1) is 36.6. The summed E-state index contributed by atoms with van der Waals surface area (Å²) < 4.78 is 9.47. The van der Waals surface area contributed by atoms with Crippen LogP contribution >= 0.6 is 11.6 Å².